The summed E-state index contributed by atoms with van der Waals surface area (Å²) in [7, 11) is 0. The first kappa shape index (κ1) is 15.2. The van der Waals surface area contributed by atoms with Crippen molar-refractivity contribution in [3.05, 3.63) is 29.6 Å². The van der Waals surface area contributed by atoms with Crippen molar-refractivity contribution in [1.82, 2.24) is 0 Å². The summed E-state index contributed by atoms with van der Waals surface area (Å²) in [5.41, 5.74) is 1.17. The highest BCUT2D eigenvalue weighted by Crippen LogP contribution is 2.26. The van der Waals surface area contributed by atoms with Gasteiger partial charge in [0.15, 0.2) is 0 Å². The zero-order chi connectivity index (χ0) is 14.5. The number of aliphatic hydroxyl groups excluding tert-OH is 2. The van der Waals surface area contributed by atoms with Crippen molar-refractivity contribution < 1.29 is 19.3 Å². The Morgan fingerprint density at radius 2 is 2.10 bits per heavy atom. The highest BCUT2D eigenvalue weighted by atomic mass is 19.1. The Balaban J connectivity index is 1.96. The topological polar surface area (TPSA) is 52.9 Å². The molecule has 4 nitrogen and oxygen atoms in total. The molecule has 0 radical (unpaired) electrons. The van der Waals surface area contributed by atoms with Crippen molar-refractivity contribution in [3.8, 4) is 0 Å². The molecule has 0 unspecified atom stereocenters. The van der Waals surface area contributed by atoms with Crippen LogP contribution in [-0.2, 0) is 4.74 Å². The molecule has 1 heterocycles. The van der Waals surface area contributed by atoms with Crippen LogP contribution in [-0.4, -0.2) is 42.6 Å². The van der Waals surface area contributed by atoms with Crippen LogP contribution in [0.3, 0.4) is 0 Å². The number of anilines is 1. The van der Waals surface area contributed by atoms with Gasteiger partial charge in [0.05, 0.1) is 31.1 Å². The normalized spacial score (nSPS) is 18.3. The first-order valence-electron chi connectivity index (χ1n) is 7.06. The number of nitrogens with zero attached hydrogens (tertiary/aromatic N) is 1. The van der Waals surface area contributed by atoms with E-state index >= 15 is 0 Å². The quantitative estimate of drug-likeness (QED) is 0.866. The predicted octanol–water partition coefficient (Wildman–Crippen LogP) is 1.86. The lowest BCUT2D eigenvalue weighted by atomic mass is 10.1. The van der Waals surface area contributed by atoms with E-state index in [1.807, 2.05) is 4.90 Å². The molecule has 1 aromatic carbocycles. The molecule has 0 aromatic heterocycles. The van der Waals surface area contributed by atoms with E-state index in [1.165, 1.54) is 6.07 Å². The van der Waals surface area contributed by atoms with Crippen molar-refractivity contribution in [2.24, 2.45) is 0 Å². The largest absolute Gasteiger partial charge is 0.394 e. The summed E-state index contributed by atoms with van der Waals surface area (Å²) >= 11 is 0. The molecule has 0 spiro atoms. The summed E-state index contributed by atoms with van der Waals surface area (Å²) in [5.74, 6) is -0.293. The Kier molecular flexibility index (Phi) is 5.34. The van der Waals surface area contributed by atoms with E-state index in [0.29, 0.717) is 17.9 Å². The smallest absolute Gasteiger partial charge is 0.146 e. The molecule has 20 heavy (non-hydrogen) atoms. The molecule has 0 bridgehead atoms. The van der Waals surface area contributed by atoms with Crippen LogP contribution < -0.4 is 4.90 Å². The molecule has 2 rings (SSSR count). The molecule has 0 amide bonds. The van der Waals surface area contributed by atoms with E-state index < -0.39 is 6.10 Å². The van der Waals surface area contributed by atoms with Crippen LogP contribution in [0.5, 0.6) is 0 Å². The lowest BCUT2D eigenvalue weighted by Gasteiger charge is -2.33. The SMILES string of the molecule is C[C@@H](O)c1ccc(N2CCC(OCCO)CC2)c(F)c1. The number of hydrogen-bond donors (Lipinski definition) is 2. The van der Waals surface area contributed by atoms with E-state index in [9.17, 15) is 9.50 Å². The average molecular weight is 283 g/mol. The second kappa shape index (κ2) is 7.02. The zero-order valence-corrected chi connectivity index (χ0v) is 11.8. The molecule has 1 atom stereocenters. The van der Waals surface area contributed by atoms with E-state index in [4.69, 9.17) is 9.84 Å². The predicted molar refractivity (Wildman–Crippen MR) is 75.3 cm³/mol. The molecule has 5 heteroatoms. The van der Waals surface area contributed by atoms with Gasteiger partial charge in [0, 0.05) is 13.1 Å². The average Bonchev–Trinajstić information content (AvgIpc) is 2.45. The van der Waals surface area contributed by atoms with Gasteiger partial charge < -0.3 is 19.8 Å². The minimum atomic E-state index is -0.656. The van der Waals surface area contributed by atoms with Gasteiger partial charge in [0.25, 0.3) is 0 Å². The van der Waals surface area contributed by atoms with E-state index in [0.717, 1.165) is 25.9 Å². The Morgan fingerprint density at radius 3 is 2.65 bits per heavy atom. The molecule has 1 saturated heterocycles. The molecule has 0 aliphatic carbocycles. The minimum Gasteiger partial charge on any atom is -0.394 e. The number of ether oxygens (including phenoxy) is 1. The molecule has 1 aliphatic rings. The van der Waals surface area contributed by atoms with Gasteiger partial charge in [0.2, 0.25) is 0 Å². The monoisotopic (exact) mass is 283 g/mol. The van der Waals surface area contributed by atoms with Gasteiger partial charge in [0.1, 0.15) is 5.82 Å². The zero-order valence-electron chi connectivity index (χ0n) is 11.8. The van der Waals surface area contributed by atoms with Crippen LogP contribution in [0.25, 0.3) is 0 Å². The second-order valence-electron chi connectivity index (χ2n) is 5.17. The summed E-state index contributed by atoms with van der Waals surface area (Å²) in [6, 6.07) is 4.89. The summed E-state index contributed by atoms with van der Waals surface area (Å²) in [4.78, 5) is 2.00. The third-order valence-electron chi connectivity index (χ3n) is 3.68. The van der Waals surface area contributed by atoms with Crippen molar-refractivity contribution >= 4 is 5.69 Å². The highest BCUT2D eigenvalue weighted by molar-refractivity contribution is 5.49. The second-order valence-corrected chi connectivity index (χ2v) is 5.17. The summed E-state index contributed by atoms with van der Waals surface area (Å²) in [6.07, 6.45) is 1.16. The molecule has 1 fully saturated rings. The first-order chi connectivity index (χ1) is 9.61. The van der Waals surface area contributed by atoms with Crippen molar-refractivity contribution in [2.75, 3.05) is 31.2 Å². The lowest BCUT2D eigenvalue weighted by molar-refractivity contribution is 0.0158. The Labute approximate surface area is 118 Å². The number of benzene rings is 1. The summed E-state index contributed by atoms with van der Waals surface area (Å²) in [6.45, 7) is 3.50. The fraction of sp³-hybridized carbons (Fsp3) is 0.600. The first-order valence-corrected chi connectivity index (χ1v) is 7.06. The molecular formula is C15H22FNO3. The van der Waals surface area contributed by atoms with E-state index in [-0.39, 0.29) is 18.5 Å². The summed E-state index contributed by atoms with van der Waals surface area (Å²) in [5, 5.41) is 18.2. The third-order valence-corrected chi connectivity index (χ3v) is 3.68. The fourth-order valence-electron chi connectivity index (χ4n) is 2.52. The van der Waals surface area contributed by atoms with Gasteiger partial charge in [-0.1, -0.05) is 6.07 Å². The van der Waals surface area contributed by atoms with Crippen LogP contribution in [0.1, 0.15) is 31.4 Å². The van der Waals surface area contributed by atoms with Crippen LogP contribution >= 0.6 is 0 Å². The maximum atomic E-state index is 14.1. The van der Waals surface area contributed by atoms with Crippen LogP contribution in [0, 0.1) is 5.82 Å². The maximum Gasteiger partial charge on any atom is 0.146 e. The number of halogens is 1. The molecule has 2 N–H and O–H groups in total. The van der Waals surface area contributed by atoms with Crippen molar-refractivity contribution in [1.29, 1.82) is 0 Å². The maximum absolute atomic E-state index is 14.1. The number of hydrogen-bond acceptors (Lipinski definition) is 4. The Morgan fingerprint density at radius 1 is 1.40 bits per heavy atom. The molecule has 1 aliphatic heterocycles. The minimum absolute atomic E-state index is 0.0373. The van der Waals surface area contributed by atoms with Crippen LogP contribution in [0.2, 0.25) is 0 Å². The third kappa shape index (κ3) is 3.69. The number of rotatable bonds is 5. The van der Waals surface area contributed by atoms with Gasteiger partial charge in [-0.15, -0.1) is 0 Å². The van der Waals surface area contributed by atoms with E-state index in [1.54, 1.807) is 19.1 Å². The molecule has 112 valence electrons. The number of aliphatic hydroxyl groups is 2. The van der Waals surface area contributed by atoms with Crippen molar-refractivity contribution in [3.63, 3.8) is 0 Å². The van der Waals surface area contributed by atoms with Crippen LogP contribution in [0.15, 0.2) is 18.2 Å². The molecule has 1 aromatic rings. The molecule has 0 saturated carbocycles. The lowest BCUT2D eigenvalue weighted by Crippen LogP contribution is -2.37. The molecular weight excluding hydrogens is 261 g/mol. The Bertz CT molecular complexity index is 431. The van der Waals surface area contributed by atoms with Crippen LogP contribution in [0.4, 0.5) is 10.1 Å². The van der Waals surface area contributed by atoms with Gasteiger partial charge >= 0.3 is 0 Å². The van der Waals surface area contributed by atoms with Crippen molar-refractivity contribution in [2.45, 2.75) is 32.0 Å². The summed E-state index contributed by atoms with van der Waals surface area (Å²) < 4.78 is 19.6. The fourth-order valence-corrected chi connectivity index (χ4v) is 2.52. The van der Waals surface area contributed by atoms with Gasteiger partial charge in [-0.3, -0.25) is 0 Å². The Hall–Kier alpha value is -1.17. The number of piperidine rings is 1. The van der Waals surface area contributed by atoms with E-state index in [2.05, 4.69) is 0 Å². The van der Waals surface area contributed by atoms with Gasteiger partial charge in [-0.25, -0.2) is 4.39 Å². The van der Waals surface area contributed by atoms with Gasteiger partial charge in [-0.2, -0.15) is 0 Å². The van der Waals surface area contributed by atoms with Gasteiger partial charge in [-0.05, 0) is 37.5 Å². The standard InChI is InChI=1S/C15H22FNO3/c1-11(19)12-2-3-15(14(16)10-12)17-6-4-13(5-7-17)20-9-8-18/h2-3,10-11,13,18-19H,4-9H2,1H3/t11-/m1/s1. The highest BCUT2D eigenvalue weighted by Gasteiger charge is 2.22.